The Balaban J connectivity index is 0.000000110. The molecule has 0 unspecified atom stereocenters. The minimum atomic E-state index is -0.329. The summed E-state index contributed by atoms with van der Waals surface area (Å²) in [5.74, 6) is 5.97. The van der Waals surface area contributed by atoms with E-state index >= 15 is 0 Å². The molecule has 0 spiro atoms. The van der Waals surface area contributed by atoms with Gasteiger partial charge >= 0.3 is 0 Å². The van der Waals surface area contributed by atoms with Gasteiger partial charge in [-0.2, -0.15) is 15.3 Å². The van der Waals surface area contributed by atoms with Gasteiger partial charge in [0, 0.05) is 85.7 Å². The Morgan fingerprint density at radius 1 is 0.379 bits per heavy atom. The van der Waals surface area contributed by atoms with Crippen molar-refractivity contribution >= 4 is 111 Å². The average Bonchev–Trinajstić information content (AvgIpc) is 2.27. The minimum Gasteiger partial charge on any atom is -0.323 e. The average molecular weight is 1140 g/mol. The molecule has 1 fully saturated rings. The first-order chi connectivity index (χ1) is 42.9. The molecule has 0 radical (unpaired) electrons. The fourth-order valence-corrected chi connectivity index (χ4v) is 10.6. The zero-order chi connectivity index (χ0) is 58.2. The maximum atomic E-state index is 13.8. The van der Waals surface area contributed by atoms with Gasteiger partial charge in [-0.15, -0.1) is 0 Å². The molecule has 0 atom stereocenters. The van der Waals surface area contributed by atoms with Crippen LogP contribution in [0.2, 0.25) is 0 Å². The second-order valence-electron chi connectivity index (χ2n) is 20.9. The highest BCUT2D eigenvalue weighted by Crippen LogP contribution is 2.40. The molecule has 17 rings (SSSR count). The van der Waals surface area contributed by atoms with Crippen molar-refractivity contribution in [3.05, 3.63) is 230 Å². The quantitative estimate of drug-likeness (QED) is 0.0747. The van der Waals surface area contributed by atoms with Gasteiger partial charge in [0.05, 0.1) is 22.1 Å². The van der Waals surface area contributed by atoms with Gasteiger partial charge in [0.1, 0.15) is 40.4 Å². The van der Waals surface area contributed by atoms with Crippen LogP contribution in [0.3, 0.4) is 0 Å². The zero-order valence-corrected chi connectivity index (χ0v) is 46.4. The van der Waals surface area contributed by atoms with Crippen LogP contribution in [0, 0.1) is 12.7 Å². The molecule has 7 aromatic carbocycles. The van der Waals surface area contributed by atoms with Gasteiger partial charge in [0.25, 0.3) is 0 Å². The molecule has 1 saturated carbocycles. The molecule has 0 bridgehead atoms. The Morgan fingerprint density at radius 3 is 1.26 bits per heavy atom. The number of nitrogens with one attached hydrogen (secondary N) is 6. The molecule has 0 saturated heterocycles. The van der Waals surface area contributed by atoms with Crippen LogP contribution in [0.4, 0.5) is 39.3 Å². The highest BCUT2D eigenvalue weighted by Gasteiger charge is 2.26. The van der Waals surface area contributed by atoms with E-state index in [1.165, 1.54) is 30.7 Å². The number of pyridine rings is 3. The third-order valence-corrected chi connectivity index (χ3v) is 15.0. The van der Waals surface area contributed by atoms with E-state index in [1.807, 2.05) is 159 Å². The van der Waals surface area contributed by atoms with Crippen LogP contribution in [-0.4, -0.2) is 75.4 Å². The molecule has 87 heavy (non-hydrogen) atoms. The lowest BCUT2D eigenvalue weighted by molar-refractivity contribution is 0.630. The van der Waals surface area contributed by atoms with E-state index in [2.05, 4.69) is 85.8 Å². The van der Waals surface area contributed by atoms with Crippen molar-refractivity contribution in [1.29, 1.82) is 0 Å². The molecule has 18 nitrogen and oxygen atoms in total. The molecule has 1 aliphatic rings. The van der Waals surface area contributed by atoms with Crippen molar-refractivity contribution in [3.8, 4) is 34.6 Å². The number of hydrogen-bond acceptors (Lipinski definition) is 15. The molecular weight excluding hydrogens is 1090 g/mol. The van der Waals surface area contributed by atoms with Gasteiger partial charge in [-0.05, 0) is 109 Å². The predicted molar refractivity (Wildman–Crippen MR) is 341 cm³/mol. The van der Waals surface area contributed by atoms with Crippen LogP contribution in [0.25, 0.3) is 110 Å². The number of aromatic nitrogens is 15. The van der Waals surface area contributed by atoms with Gasteiger partial charge in [-0.3, -0.25) is 30.2 Å². The lowest BCUT2D eigenvalue weighted by Gasteiger charge is -2.11. The Labute approximate surface area is 494 Å². The highest BCUT2D eigenvalue weighted by molar-refractivity contribution is 6.01. The zero-order valence-electron chi connectivity index (χ0n) is 46.4. The van der Waals surface area contributed by atoms with Gasteiger partial charge in [-0.1, -0.05) is 109 Å². The Morgan fingerprint density at radius 2 is 0.805 bits per heavy atom. The first-order valence-electron chi connectivity index (χ1n) is 28.2. The Hall–Kier alpha value is -12.0. The summed E-state index contributed by atoms with van der Waals surface area (Å²) in [7, 11) is 0. The van der Waals surface area contributed by atoms with Crippen LogP contribution in [0.15, 0.2) is 213 Å². The second-order valence-corrected chi connectivity index (χ2v) is 20.9. The summed E-state index contributed by atoms with van der Waals surface area (Å²) in [6.45, 7) is 1.96. The van der Waals surface area contributed by atoms with Crippen LogP contribution < -0.4 is 16.0 Å². The number of rotatable bonds is 10. The summed E-state index contributed by atoms with van der Waals surface area (Å²) >= 11 is 0. The SMILES string of the molecule is Cc1cc(Nc2nc(-c3nccc4ccccc34)nc3ccccc23)n[nH]1.Fc1ccc2[nH]nc(Nc3nc(-c4nccc5ccccc45)nc4ccccc34)c2c1.c1ccc2c(-c3nc(Nc4cc(C5CC5)[nH]n4)c4ccccc4n3)nccc2c1. The predicted octanol–water partition coefficient (Wildman–Crippen LogP) is 15.4. The molecule has 1 aliphatic carbocycles. The van der Waals surface area contributed by atoms with Gasteiger partial charge in [0.15, 0.2) is 34.9 Å². The number of H-pyrrole nitrogens is 3. The van der Waals surface area contributed by atoms with Crippen molar-refractivity contribution in [2.75, 3.05) is 16.0 Å². The topological polar surface area (TPSA) is 238 Å². The van der Waals surface area contributed by atoms with Crippen molar-refractivity contribution in [2.24, 2.45) is 0 Å². The van der Waals surface area contributed by atoms with E-state index in [0.717, 1.165) is 99.3 Å². The smallest absolute Gasteiger partial charge is 0.181 e. The van der Waals surface area contributed by atoms with Crippen molar-refractivity contribution < 1.29 is 4.39 Å². The number of nitrogens with zero attached hydrogens (tertiary/aromatic N) is 12. The summed E-state index contributed by atoms with van der Waals surface area (Å²) < 4.78 is 13.8. The van der Waals surface area contributed by atoms with Crippen LogP contribution in [-0.2, 0) is 0 Å². The lowest BCUT2D eigenvalue weighted by Crippen LogP contribution is -2.01. The molecule has 418 valence electrons. The number of halogens is 1. The number of fused-ring (bicyclic) bond motifs is 7. The van der Waals surface area contributed by atoms with E-state index in [1.54, 1.807) is 24.7 Å². The molecule has 0 aliphatic heterocycles. The number of hydrogen-bond donors (Lipinski definition) is 6. The first kappa shape index (κ1) is 51.9. The van der Waals surface area contributed by atoms with E-state index in [4.69, 9.17) is 29.9 Å². The lowest BCUT2D eigenvalue weighted by atomic mass is 10.1. The number of para-hydroxylation sites is 3. The van der Waals surface area contributed by atoms with Gasteiger partial charge < -0.3 is 16.0 Å². The third-order valence-electron chi connectivity index (χ3n) is 15.0. The molecule has 19 heteroatoms. The van der Waals surface area contributed by atoms with E-state index in [-0.39, 0.29) is 5.82 Å². The summed E-state index contributed by atoms with van der Waals surface area (Å²) in [5.41, 5.74) is 7.63. The Bertz CT molecular complexity index is 5230. The van der Waals surface area contributed by atoms with Gasteiger partial charge in [-0.25, -0.2) is 34.3 Å². The Kier molecular flexibility index (Phi) is 13.3. The standard InChI is InChI=1S/C24H15FN6.C23H18N6.C21H16N6/c25-15-9-10-20-18(13-15)23(31-30-20)28-22-17-7-3-4-8-19(17)27-24(29-22)21-16-6-2-1-5-14(16)11-12-26-21;1-2-6-16-14(5-1)11-12-24-21(16)23-25-18-8-4-3-7-17(18)22(27-23)26-20-13-19(28-29-20)15-9-10-15;1-13-12-18(27-26-13)24-20-16-8-4-5-9-17(16)23-21(25-20)19-15-7-3-2-6-14(15)10-11-22-19/h1-13H,(H2,27,28,29,30,31);1-8,11-13,15H,9-10H2,(H2,25,26,27,28,29);2-12H,1H3,(H2,23,24,25,26,27). The molecule has 9 aromatic heterocycles. The maximum Gasteiger partial charge on any atom is 0.181 e. The summed E-state index contributed by atoms with van der Waals surface area (Å²) in [6, 6.07) is 62.4. The first-order valence-corrected chi connectivity index (χ1v) is 28.2. The van der Waals surface area contributed by atoms with Gasteiger partial charge in [0.2, 0.25) is 0 Å². The summed E-state index contributed by atoms with van der Waals surface area (Å²) in [6.07, 6.45) is 7.82. The fourth-order valence-electron chi connectivity index (χ4n) is 10.6. The minimum absolute atomic E-state index is 0.329. The number of anilines is 6. The molecule has 6 N–H and O–H groups in total. The van der Waals surface area contributed by atoms with E-state index in [9.17, 15) is 4.39 Å². The fraction of sp³-hybridized carbons (Fsp3) is 0.0588. The highest BCUT2D eigenvalue weighted by atomic mass is 19.1. The third kappa shape index (κ3) is 10.5. The maximum absolute atomic E-state index is 13.8. The normalized spacial score (nSPS) is 12.1. The van der Waals surface area contributed by atoms with Crippen molar-refractivity contribution in [1.82, 2.24) is 75.4 Å². The number of aromatic amines is 3. The van der Waals surface area contributed by atoms with E-state index < -0.39 is 0 Å². The number of aryl methyl sites for hydroxylation is 1. The largest absolute Gasteiger partial charge is 0.323 e. The second kappa shape index (κ2) is 22.3. The summed E-state index contributed by atoms with van der Waals surface area (Å²) in [5, 5.41) is 41.6. The van der Waals surface area contributed by atoms with E-state index in [0.29, 0.717) is 57.7 Å². The molecule has 9 heterocycles. The van der Waals surface area contributed by atoms with Crippen LogP contribution >= 0.6 is 0 Å². The monoisotopic (exact) mass is 1140 g/mol. The molecule has 0 amide bonds. The number of benzene rings is 7. The van der Waals surface area contributed by atoms with Crippen molar-refractivity contribution in [2.45, 2.75) is 25.7 Å². The van der Waals surface area contributed by atoms with Crippen LogP contribution in [0.1, 0.15) is 30.1 Å². The molecular formula is C68H49FN18. The van der Waals surface area contributed by atoms with Crippen molar-refractivity contribution in [3.63, 3.8) is 0 Å². The van der Waals surface area contributed by atoms with Crippen LogP contribution in [0.5, 0.6) is 0 Å². The molecule has 16 aromatic rings. The summed E-state index contributed by atoms with van der Waals surface area (Å²) in [4.78, 5) is 42.5.